The van der Waals surface area contributed by atoms with Gasteiger partial charge in [0.2, 0.25) is 0 Å². The van der Waals surface area contributed by atoms with Crippen LogP contribution in [-0.2, 0) is 6.42 Å². The highest BCUT2D eigenvalue weighted by Crippen LogP contribution is 2.43. The molecule has 3 aromatic rings. The van der Waals surface area contributed by atoms with E-state index in [0.717, 1.165) is 12.1 Å². The van der Waals surface area contributed by atoms with Crippen LogP contribution in [0.5, 0.6) is 0 Å². The second-order valence-corrected chi connectivity index (χ2v) is 10.4. The Balaban J connectivity index is 1.51. The summed E-state index contributed by atoms with van der Waals surface area (Å²) >= 11 is 0.716. The second-order valence-electron chi connectivity index (χ2n) is 9.36. The molecular formula is C24H23F5N6O2S. The smallest absolute Gasteiger partial charge is 0.389 e. The number of nitrogens with zero attached hydrogens (tertiary/aromatic N) is 3. The summed E-state index contributed by atoms with van der Waals surface area (Å²) in [4.78, 5) is 22.9. The molecule has 0 saturated carbocycles. The fraction of sp³-hybridized carbons (Fsp3) is 0.375. The molecule has 2 aliphatic rings. The van der Waals surface area contributed by atoms with Crippen LogP contribution in [0.1, 0.15) is 40.7 Å². The van der Waals surface area contributed by atoms with Crippen molar-refractivity contribution in [2.45, 2.75) is 37.6 Å². The van der Waals surface area contributed by atoms with Crippen molar-refractivity contribution < 1.29 is 31.9 Å². The summed E-state index contributed by atoms with van der Waals surface area (Å²) in [6, 6.07) is 2.50. The number of piperidine rings is 1. The van der Waals surface area contributed by atoms with Crippen molar-refractivity contribution in [3.8, 4) is 10.6 Å². The number of benzene rings is 1. The predicted molar refractivity (Wildman–Crippen MR) is 132 cm³/mol. The molecule has 2 aromatic heterocycles. The minimum absolute atomic E-state index is 0.0869. The van der Waals surface area contributed by atoms with E-state index in [9.17, 15) is 31.9 Å². The maximum Gasteiger partial charge on any atom is 0.393 e. The third-order valence-corrected chi connectivity index (χ3v) is 7.62. The molecule has 6 N–H and O–H groups in total. The summed E-state index contributed by atoms with van der Waals surface area (Å²) in [6.07, 6.45) is -3.68. The van der Waals surface area contributed by atoms with E-state index in [0.29, 0.717) is 41.1 Å². The molecule has 0 spiro atoms. The van der Waals surface area contributed by atoms with Gasteiger partial charge in [0.1, 0.15) is 21.6 Å². The molecule has 0 bridgehead atoms. The molecule has 1 amide bonds. The first kappa shape index (κ1) is 26.3. The third-order valence-electron chi connectivity index (χ3n) is 6.72. The number of hydrogen-bond acceptors (Lipinski definition) is 8. The van der Waals surface area contributed by atoms with Crippen molar-refractivity contribution in [3.05, 3.63) is 53.0 Å². The number of carbonyl (C=O) groups is 1. The van der Waals surface area contributed by atoms with E-state index in [1.54, 1.807) is 0 Å². The molecule has 8 nitrogen and oxygen atoms in total. The maximum atomic E-state index is 14.3. The van der Waals surface area contributed by atoms with Gasteiger partial charge in [-0.15, -0.1) is 0 Å². The van der Waals surface area contributed by atoms with Crippen LogP contribution in [0.4, 0.5) is 38.3 Å². The molecule has 5 rings (SSSR count). The first-order chi connectivity index (χ1) is 17.9. The number of carbonyl (C=O) groups excluding carboxylic acids is 1. The van der Waals surface area contributed by atoms with Crippen LogP contribution in [0, 0.1) is 17.6 Å². The Labute approximate surface area is 217 Å². The zero-order valence-corrected chi connectivity index (χ0v) is 20.5. The molecule has 0 radical (unpaired) electrons. The van der Waals surface area contributed by atoms with Gasteiger partial charge in [0.25, 0.3) is 5.91 Å². The van der Waals surface area contributed by atoms with Crippen LogP contribution in [0.3, 0.4) is 0 Å². The Bertz CT molecular complexity index is 1380. The Morgan fingerprint density at radius 3 is 2.61 bits per heavy atom. The lowest BCUT2D eigenvalue weighted by molar-refractivity contribution is -0.177. The molecule has 202 valence electrons. The quantitative estimate of drug-likeness (QED) is 0.359. The van der Waals surface area contributed by atoms with Crippen LogP contribution in [0.15, 0.2) is 24.4 Å². The lowest BCUT2D eigenvalue weighted by Gasteiger charge is -2.40. The monoisotopic (exact) mass is 554 g/mol. The van der Waals surface area contributed by atoms with Crippen molar-refractivity contribution in [1.29, 1.82) is 0 Å². The number of hydrogen-bond donors (Lipinski definition) is 4. The largest absolute Gasteiger partial charge is 0.393 e. The van der Waals surface area contributed by atoms with Gasteiger partial charge in [0.15, 0.2) is 5.69 Å². The number of thiazole rings is 1. The summed E-state index contributed by atoms with van der Waals surface area (Å²) in [5, 5.41) is 12.7. The minimum atomic E-state index is -4.47. The Kier molecular flexibility index (Phi) is 6.73. The van der Waals surface area contributed by atoms with Gasteiger partial charge in [-0.2, -0.15) is 13.2 Å². The molecular weight excluding hydrogens is 531 g/mol. The highest BCUT2D eigenvalue weighted by Gasteiger charge is 2.45. The van der Waals surface area contributed by atoms with Crippen LogP contribution in [0.25, 0.3) is 10.6 Å². The number of nitrogen functional groups attached to an aromatic ring is 1. The number of aliphatic hydroxyl groups excluding tert-OH is 1. The molecule has 1 fully saturated rings. The average molecular weight is 555 g/mol. The summed E-state index contributed by atoms with van der Waals surface area (Å²) in [6.45, 7) is -0.292. The molecule has 1 aliphatic carbocycles. The topological polar surface area (TPSA) is 130 Å². The SMILES string of the molecule is Nc1sc(-c2c(F)cccc2F)nc1C(=O)Nc1cnc2c(c1N1CC(N)CC(C(F)(F)F)C1)CCC2O. The Hall–Kier alpha value is -3.36. The number of nitrogens with one attached hydrogen (secondary N) is 1. The second kappa shape index (κ2) is 9.75. The fourth-order valence-corrected chi connectivity index (χ4v) is 5.88. The highest BCUT2D eigenvalue weighted by atomic mass is 32.1. The van der Waals surface area contributed by atoms with Crippen molar-refractivity contribution in [1.82, 2.24) is 9.97 Å². The van der Waals surface area contributed by atoms with Gasteiger partial charge in [-0.25, -0.2) is 13.8 Å². The number of fused-ring (bicyclic) bond motifs is 1. The first-order valence-electron chi connectivity index (χ1n) is 11.7. The number of alkyl halides is 3. The van der Waals surface area contributed by atoms with Crippen molar-refractivity contribution >= 4 is 33.6 Å². The van der Waals surface area contributed by atoms with E-state index < -0.39 is 47.3 Å². The van der Waals surface area contributed by atoms with Gasteiger partial charge in [-0.05, 0) is 31.4 Å². The van der Waals surface area contributed by atoms with E-state index in [4.69, 9.17) is 11.5 Å². The van der Waals surface area contributed by atoms with Crippen LogP contribution >= 0.6 is 11.3 Å². The van der Waals surface area contributed by atoms with Crippen molar-refractivity contribution in [2.24, 2.45) is 11.7 Å². The predicted octanol–water partition coefficient (Wildman–Crippen LogP) is 4.01. The lowest BCUT2D eigenvalue weighted by Crippen LogP contribution is -2.51. The normalized spacial score (nSPS) is 21.4. The van der Waals surface area contributed by atoms with E-state index in [-0.39, 0.29) is 40.9 Å². The van der Waals surface area contributed by atoms with E-state index in [1.807, 2.05) is 0 Å². The first-order valence-corrected chi connectivity index (χ1v) is 12.5. The average Bonchev–Trinajstić information content (AvgIpc) is 3.40. The van der Waals surface area contributed by atoms with E-state index >= 15 is 0 Å². The van der Waals surface area contributed by atoms with Crippen molar-refractivity contribution in [3.63, 3.8) is 0 Å². The van der Waals surface area contributed by atoms with Crippen molar-refractivity contribution in [2.75, 3.05) is 29.0 Å². The molecule has 1 aromatic carbocycles. The zero-order chi connectivity index (χ0) is 27.4. The highest BCUT2D eigenvalue weighted by molar-refractivity contribution is 7.19. The maximum absolute atomic E-state index is 14.3. The fourth-order valence-electron chi connectivity index (χ4n) is 5.00. The zero-order valence-electron chi connectivity index (χ0n) is 19.7. The summed E-state index contributed by atoms with van der Waals surface area (Å²) in [5.41, 5.74) is 12.4. The Morgan fingerprint density at radius 2 is 1.92 bits per heavy atom. The molecule has 1 aliphatic heterocycles. The summed E-state index contributed by atoms with van der Waals surface area (Å²) in [5.74, 6) is -4.28. The lowest BCUT2D eigenvalue weighted by atomic mass is 9.93. The summed E-state index contributed by atoms with van der Waals surface area (Å²) in [7, 11) is 0. The summed E-state index contributed by atoms with van der Waals surface area (Å²) < 4.78 is 69.4. The standard InChI is InChI=1S/C24H23F5N6O2S/c25-13-2-1-3-14(26)17(13)23-34-19(21(31)38-23)22(37)33-15-7-32-18-12(4-5-16(18)36)20(15)35-8-10(24(27,28)29)6-11(30)9-35/h1-3,7,10-11,16,36H,4-6,8-9,30-31H2,(H,33,37). The number of rotatable bonds is 4. The van der Waals surface area contributed by atoms with Crippen LogP contribution < -0.4 is 21.7 Å². The minimum Gasteiger partial charge on any atom is -0.389 e. The number of halogens is 5. The number of pyridine rings is 1. The van der Waals surface area contributed by atoms with Gasteiger partial charge >= 0.3 is 6.18 Å². The van der Waals surface area contributed by atoms with E-state index in [1.165, 1.54) is 17.2 Å². The number of anilines is 3. The molecule has 3 unspecified atom stereocenters. The number of aromatic nitrogens is 2. The van der Waals surface area contributed by atoms with Crippen LogP contribution in [0.2, 0.25) is 0 Å². The number of nitrogens with two attached hydrogens (primary N) is 2. The van der Waals surface area contributed by atoms with Gasteiger partial charge in [0, 0.05) is 24.7 Å². The van der Waals surface area contributed by atoms with Crippen LogP contribution in [-0.4, -0.2) is 46.3 Å². The number of amides is 1. The molecule has 14 heteroatoms. The number of aliphatic hydroxyl groups is 1. The van der Waals surface area contributed by atoms with E-state index in [2.05, 4.69) is 15.3 Å². The molecule has 1 saturated heterocycles. The Morgan fingerprint density at radius 1 is 1.21 bits per heavy atom. The molecule has 3 atom stereocenters. The molecule has 38 heavy (non-hydrogen) atoms. The van der Waals surface area contributed by atoms with Gasteiger partial charge in [0.05, 0.1) is 40.9 Å². The van der Waals surface area contributed by atoms with Gasteiger partial charge in [-0.3, -0.25) is 9.78 Å². The molecule has 3 heterocycles. The van der Waals surface area contributed by atoms with Gasteiger partial charge in [-0.1, -0.05) is 17.4 Å². The van der Waals surface area contributed by atoms with Gasteiger partial charge < -0.3 is 26.8 Å². The third kappa shape index (κ3) is 4.78.